The van der Waals surface area contributed by atoms with Crippen molar-refractivity contribution in [3.63, 3.8) is 0 Å². The lowest BCUT2D eigenvalue weighted by molar-refractivity contribution is 0.102. The predicted molar refractivity (Wildman–Crippen MR) is 94.4 cm³/mol. The molecule has 4 rings (SSSR count). The average Bonchev–Trinajstić information content (AvgIpc) is 3.11. The zero-order valence-electron chi connectivity index (χ0n) is 13.5. The first-order valence-corrected chi connectivity index (χ1v) is 7.88. The molecule has 1 aliphatic heterocycles. The van der Waals surface area contributed by atoms with Crippen molar-refractivity contribution >= 4 is 23.1 Å². The highest BCUT2D eigenvalue weighted by molar-refractivity contribution is 6.04. The number of benzene rings is 2. The standard InChI is InChI=1S/C19H14FN3O3/c20-15-4-2-1-3-14(15)19(24)23-13-6-8-18(21-10-13)22-12-5-7-16-17(9-12)26-11-25-16/h1-10H,11H2,(H,21,22)(H,23,24). The molecule has 6 nitrogen and oxygen atoms in total. The van der Waals surface area contributed by atoms with Crippen molar-refractivity contribution in [2.24, 2.45) is 0 Å². The molecule has 0 spiro atoms. The SMILES string of the molecule is O=C(Nc1ccc(Nc2ccc3c(c2)OCO3)nc1)c1ccccc1F. The van der Waals surface area contributed by atoms with E-state index in [2.05, 4.69) is 15.6 Å². The number of nitrogens with one attached hydrogen (secondary N) is 2. The molecular weight excluding hydrogens is 337 g/mol. The number of anilines is 3. The predicted octanol–water partition coefficient (Wildman–Crippen LogP) is 3.95. The Balaban J connectivity index is 1.44. The summed E-state index contributed by atoms with van der Waals surface area (Å²) in [5, 5.41) is 5.75. The van der Waals surface area contributed by atoms with Crippen LogP contribution in [-0.4, -0.2) is 17.7 Å². The van der Waals surface area contributed by atoms with Crippen LogP contribution in [0.5, 0.6) is 11.5 Å². The van der Waals surface area contributed by atoms with Crippen LogP contribution in [0.4, 0.5) is 21.6 Å². The van der Waals surface area contributed by atoms with Crippen molar-refractivity contribution < 1.29 is 18.7 Å². The van der Waals surface area contributed by atoms with Crippen LogP contribution >= 0.6 is 0 Å². The van der Waals surface area contributed by atoms with Gasteiger partial charge in [0.15, 0.2) is 11.5 Å². The molecule has 0 fully saturated rings. The molecule has 0 atom stereocenters. The van der Waals surface area contributed by atoms with Gasteiger partial charge in [0.1, 0.15) is 11.6 Å². The van der Waals surface area contributed by atoms with Gasteiger partial charge in [-0.2, -0.15) is 0 Å². The Bertz CT molecular complexity index is 960. The largest absolute Gasteiger partial charge is 0.454 e. The summed E-state index contributed by atoms with van der Waals surface area (Å²) >= 11 is 0. The van der Waals surface area contributed by atoms with Crippen molar-refractivity contribution in [1.29, 1.82) is 0 Å². The molecule has 0 saturated carbocycles. The molecule has 0 aliphatic carbocycles. The zero-order chi connectivity index (χ0) is 17.9. The fourth-order valence-corrected chi connectivity index (χ4v) is 2.51. The van der Waals surface area contributed by atoms with Crippen LogP contribution in [-0.2, 0) is 0 Å². The van der Waals surface area contributed by atoms with Crippen LogP contribution in [0.25, 0.3) is 0 Å². The Kier molecular flexibility index (Phi) is 4.10. The molecule has 130 valence electrons. The average molecular weight is 351 g/mol. The van der Waals surface area contributed by atoms with Gasteiger partial charge in [0.25, 0.3) is 5.91 Å². The molecule has 26 heavy (non-hydrogen) atoms. The summed E-state index contributed by atoms with van der Waals surface area (Å²) in [6.07, 6.45) is 1.49. The fourth-order valence-electron chi connectivity index (χ4n) is 2.51. The van der Waals surface area contributed by atoms with Crippen LogP contribution in [0.15, 0.2) is 60.8 Å². The van der Waals surface area contributed by atoms with Gasteiger partial charge in [-0.3, -0.25) is 4.79 Å². The first-order chi connectivity index (χ1) is 12.7. The minimum absolute atomic E-state index is 0.0185. The van der Waals surface area contributed by atoms with Gasteiger partial charge in [-0.05, 0) is 36.4 Å². The molecule has 0 radical (unpaired) electrons. The van der Waals surface area contributed by atoms with E-state index in [1.54, 1.807) is 18.2 Å². The summed E-state index contributed by atoms with van der Waals surface area (Å²) in [5.74, 6) is 0.867. The van der Waals surface area contributed by atoms with Crippen LogP contribution in [0.3, 0.4) is 0 Å². The van der Waals surface area contributed by atoms with E-state index in [-0.39, 0.29) is 12.4 Å². The van der Waals surface area contributed by atoms with E-state index in [4.69, 9.17) is 9.47 Å². The molecule has 0 saturated heterocycles. The minimum atomic E-state index is -0.570. The number of ether oxygens (including phenoxy) is 2. The number of halogens is 1. The van der Waals surface area contributed by atoms with E-state index in [0.717, 1.165) is 5.69 Å². The minimum Gasteiger partial charge on any atom is -0.454 e. The molecule has 7 heteroatoms. The number of carbonyl (C=O) groups excluding carboxylic acids is 1. The quantitative estimate of drug-likeness (QED) is 0.745. The van der Waals surface area contributed by atoms with Crippen molar-refractivity contribution in [2.45, 2.75) is 0 Å². The molecule has 1 amide bonds. The van der Waals surface area contributed by atoms with E-state index in [9.17, 15) is 9.18 Å². The van der Waals surface area contributed by atoms with Crippen LogP contribution in [0.2, 0.25) is 0 Å². The second-order valence-corrected chi connectivity index (χ2v) is 5.56. The second-order valence-electron chi connectivity index (χ2n) is 5.56. The monoisotopic (exact) mass is 351 g/mol. The zero-order valence-corrected chi connectivity index (χ0v) is 13.5. The highest BCUT2D eigenvalue weighted by Gasteiger charge is 2.14. The number of rotatable bonds is 4. The summed E-state index contributed by atoms with van der Waals surface area (Å²) in [7, 11) is 0. The topological polar surface area (TPSA) is 72.5 Å². The van der Waals surface area contributed by atoms with Gasteiger partial charge in [-0.15, -0.1) is 0 Å². The maximum absolute atomic E-state index is 13.6. The van der Waals surface area contributed by atoms with Crippen molar-refractivity contribution in [3.05, 3.63) is 72.2 Å². The van der Waals surface area contributed by atoms with Crippen LogP contribution < -0.4 is 20.1 Å². The molecule has 1 aliphatic rings. The lowest BCUT2D eigenvalue weighted by Gasteiger charge is -2.09. The molecular formula is C19H14FN3O3. The molecule has 0 bridgehead atoms. The second kappa shape index (κ2) is 6.72. The van der Waals surface area contributed by atoms with Gasteiger partial charge < -0.3 is 20.1 Å². The number of amides is 1. The Morgan fingerprint density at radius 2 is 1.81 bits per heavy atom. The summed E-state index contributed by atoms with van der Waals surface area (Å²) in [4.78, 5) is 16.3. The van der Waals surface area contributed by atoms with Gasteiger partial charge in [0.05, 0.1) is 17.4 Å². The van der Waals surface area contributed by atoms with E-state index in [1.165, 1.54) is 24.4 Å². The fraction of sp³-hybridized carbons (Fsp3) is 0.0526. The maximum atomic E-state index is 13.6. The van der Waals surface area contributed by atoms with Gasteiger partial charge >= 0.3 is 0 Å². The van der Waals surface area contributed by atoms with Crippen LogP contribution in [0.1, 0.15) is 10.4 Å². The molecule has 2 N–H and O–H groups in total. The van der Waals surface area contributed by atoms with Gasteiger partial charge in [-0.25, -0.2) is 9.37 Å². The summed E-state index contributed by atoms with van der Waals surface area (Å²) in [6.45, 7) is 0.216. The third kappa shape index (κ3) is 3.27. The van der Waals surface area contributed by atoms with E-state index in [0.29, 0.717) is 23.0 Å². The third-order valence-electron chi connectivity index (χ3n) is 3.78. The van der Waals surface area contributed by atoms with E-state index in [1.807, 2.05) is 18.2 Å². The number of hydrogen-bond acceptors (Lipinski definition) is 5. The smallest absolute Gasteiger partial charge is 0.258 e. The highest BCUT2D eigenvalue weighted by Crippen LogP contribution is 2.34. The van der Waals surface area contributed by atoms with Gasteiger partial charge in [0.2, 0.25) is 6.79 Å². The van der Waals surface area contributed by atoms with Crippen molar-refractivity contribution in [1.82, 2.24) is 4.98 Å². The molecule has 3 aromatic rings. The molecule has 0 unspecified atom stereocenters. The Labute approximate surface area is 148 Å². The Morgan fingerprint density at radius 3 is 2.62 bits per heavy atom. The number of carbonyl (C=O) groups is 1. The first kappa shape index (κ1) is 15.9. The summed E-state index contributed by atoms with van der Waals surface area (Å²) < 4.78 is 24.2. The molecule has 2 heterocycles. The maximum Gasteiger partial charge on any atom is 0.258 e. The Morgan fingerprint density at radius 1 is 1.00 bits per heavy atom. The molecule has 2 aromatic carbocycles. The van der Waals surface area contributed by atoms with Crippen molar-refractivity contribution in [2.75, 3.05) is 17.4 Å². The van der Waals surface area contributed by atoms with E-state index < -0.39 is 11.7 Å². The van der Waals surface area contributed by atoms with Gasteiger partial charge in [-0.1, -0.05) is 12.1 Å². The highest BCUT2D eigenvalue weighted by atomic mass is 19.1. The normalized spacial score (nSPS) is 11.9. The number of fused-ring (bicyclic) bond motifs is 1. The number of hydrogen-bond donors (Lipinski definition) is 2. The first-order valence-electron chi connectivity index (χ1n) is 7.88. The lowest BCUT2D eigenvalue weighted by atomic mass is 10.2. The summed E-state index contributed by atoms with van der Waals surface area (Å²) in [6, 6.07) is 14.7. The third-order valence-corrected chi connectivity index (χ3v) is 3.78. The van der Waals surface area contributed by atoms with Crippen LogP contribution in [0, 0.1) is 5.82 Å². The summed E-state index contributed by atoms with van der Waals surface area (Å²) in [5.41, 5.74) is 1.24. The molecule has 1 aromatic heterocycles. The number of pyridine rings is 1. The Hall–Kier alpha value is -3.61. The van der Waals surface area contributed by atoms with Crippen molar-refractivity contribution in [3.8, 4) is 11.5 Å². The number of nitrogens with zero attached hydrogens (tertiary/aromatic N) is 1. The van der Waals surface area contributed by atoms with E-state index >= 15 is 0 Å². The van der Waals surface area contributed by atoms with Gasteiger partial charge in [0, 0.05) is 11.8 Å². The number of aromatic nitrogens is 1. The lowest BCUT2D eigenvalue weighted by Crippen LogP contribution is -2.13.